The summed E-state index contributed by atoms with van der Waals surface area (Å²) in [7, 11) is 0. The van der Waals surface area contributed by atoms with Gasteiger partial charge in [0.15, 0.2) is 0 Å². The minimum atomic E-state index is -0.746. The number of benzene rings is 2. The van der Waals surface area contributed by atoms with Crippen LogP contribution < -0.4 is 16.4 Å². The Balaban J connectivity index is 1.94. The number of rotatable bonds is 2. The van der Waals surface area contributed by atoms with Gasteiger partial charge in [-0.05, 0) is 55.3 Å². The largest absolute Gasteiger partial charge is 0.322 e. The van der Waals surface area contributed by atoms with Crippen LogP contribution in [0.3, 0.4) is 0 Å². The first-order valence-electron chi connectivity index (χ1n) is 7.09. The van der Waals surface area contributed by atoms with E-state index in [1.165, 1.54) is 6.07 Å². The van der Waals surface area contributed by atoms with E-state index < -0.39 is 11.1 Å². The molecule has 6 heteroatoms. The fourth-order valence-corrected chi connectivity index (χ4v) is 2.28. The second-order valence-corrected chi connectivity index (χ2v) is 5.42. The number of nitrogens with one attached hydrogen (secondary N) is 3. The highest BCUT2D eigenvalue weighted by molar-refractivity contribution is 6.05. The van der Waals surface area contributed by atoms with Crippen molar-refractivity contribution in [2.45, 2.75) is 13.8 Å². The zero-order chi connectivity index (χ0) is 16.6. The zero-order valence-electron chi connectivity index (χ0n) is 12.7. The van der Waals surface area contributed by atoms with Crippen molar-refractivity contribution in [3.8, 4) is 0 Å². The maximum absolute atomic E-state index is 12.3. The smallest absolute Gasteiger partial charge is 0.314 e. The third-order valence-electron chi connectivity index (χ3n) is 3.75. The van der Waals surface area contributed by atoms with Gasteiger partial charge in [0, 0.05) is 11.3 Å². The van der Waals surface area contributed by atoms with Crippen LogP contribution in [0.4, 0.5) is 5.69 Å². The lowest BCUT2D eigenvalue weighted by atomic mass is 10.1. The van der Waals surface area contributed by atoms with E-state index in [0.717, 1.165) is 11.1 Å². The van der Waals surface area contributed by atoms with Crippen molar-refractivity contribution in [1.82, 2.24) is 9.97 Å². The highest BCUT2D eigenvalue weighted by atomic mass is 16.2. The normalized spacial score (nSPS) is 10.7. The molecule has 1 heterocycles. The number of hydrogen-bond acceptors (Lipinski definition) is 3. The van der Waals surface area contributed by atoms with E-state index >= 15 is 0 Å². The number of H-pyrrole nitrogens is 2. The summed E-state index contributed by atoms with van der Waals surface area (Å²) in [6.07, 6.45) is 0. The van der Waals surface area contributed by atoms with Crippen molar-refractivity contribution in [3.63, 3.8) is 0 Å². The zero-order valence-corrected chi connectivity index (χ0v) is 12.7. The minimum Gasteiger partial charge on any atom is -0.322 e. The lowest BCUT2D eigenvalue weighted by Crippen LogP contribution is -2.29. The molecule has 0 spiro atoms. The average Bonchev–Trinajstić information content (AvgIpc) is 2.51. The molecule has 0 saturated heterocycles. The van der Waals surface area contributed by atoms with E-state index in [2.05, 4.69) is 15.3 Å². The fraction of sp³-hybridized carbons (Fsp3) is 0.118. The van der Waals surface area contributed by atoms with E-state index in [1.54, 1.807) is 12.1 Å². The number of aryl methyl sites for hydroxylation is 2. The molecule has 116 valence electrons. The van der Waals surface area contributed by atoms with Crippen LogP contribution in [0.25, 0.3) is 11.0 Å². The molecule has 1 amide bonds. The average molecular weight is 309 g/mol. The molecule has 3 rings (SSSR count). The van der Waals surface area contributed by atoms with Crippen molar-refractivity contribution in [2.75, 3.05) is 5.32 Å². The van der Waals surface area contributed by atoms with Gasteiger partial charge in [-0.15, -0.1) is 0 Å². The van der Waals surface area contributed by atoms with E-state index in [0.29, 0.717) is 22.3 Å². The predicted molar refractivity (Wildman–Crippen MR) is 89.1 cm³/mol. The molecule has 0 saturated carbocycles. The van der Waals surface area contributed by atoms with Crippen LogP contribution >= 0.6 is 0 Å². The number of aromatic amines is 2. The van der Waals surface area contributed by atoms with Crippen LogP contribution in [0.15, 0.2) is 46.0 Å². The molecule has 1 aromatic heterocycles. The summed E-state index contributed by atoms with van der Waals surface area (Å²) in [6.45, 7) is 3.98. The number of aromatic nitrogens is 2. The molecule has 0 atom stereocenters. The molecule has 0 unspecified atom stereocenters. The van der Waals surface area contributed by atoms with Crippen molar-refractivity contribution < 1.29 is 4.79 Å². The van der Waals surface area contributed by atoms with Gasteiger partial charge in [-0.1, -0.05) is 6.07 Å². The molecule has 0 aliphatic rings. The molecule has 0 radical (unpaired) electrons. The Hall–Kier alpha value is -3.15. The second kappa shape index (κ2) is 5.57. The van der Waals surface area contributed by atoms with Gasteiger partial charge < -0.3 is 15.3 Å². The molecule has 0 fully saturated rings. The van der Waals surface area contributed by atoms with E-state index in [-0.39, 0.29) is 5.91 Å². The molecule has 3 aromatic rings. The maximum Gasteiger partial charge on any atom is 0.314 e. The van der Waals surface area contributed by atoms with Crippen LogP contribution in [-0.2, 0) is 0 Å². The molecule has 6 nitrogen and oxygen atoms in total. The van der Waals surface area contributed by atoms with Crippen LogP contribution in [0.2, 0.25) is 0 Å². The summed E-state index contributed by atoms with van der Waals surface area (Å²) in [5, 5.41) is 2.81. The van der Waals surface area contributed by atoms with Gasteiger partial charge in [0.05, 0.1) is 11.0 Å². The third-order valence-corrected chi connectivity index (χ3v) is 3.75. The summed E-state index contributed by atoms with van der Waals surface area (Å²) in [5.41, 5.74) is 2.73. The monoisotopic (exact) mass is 309 g/mol. The second-order valence-electron chi connectivity index (χ2n) is 5.42. The van der Waals surface area contributed by atoms with Gasteiger partial charge in [0.2, 0.25) is 0 Å². The SMILES string of the molecule is Cc1ccc(NC(=O)c2ccc3[nH]c(=O)c(=O)[nH]c3c2)cc1C. The predicted octanol–water partition coefficient (Wildman–Crippen LogP) is 2.09. The van der Waals surface area contributed by atoms with Crippen LogP contribution in [0.5, 0.6) is 0 Å². The highest BCUT2D eigenvalue weighted by Crippen LogP contribution is 2.16. The number of carbonyl (C=O) groups excluding carboxylic acids is 1. The van der Waals surface area contributed by atoms with Gasteiger partial charge in [-0.25, -0.2) is 0 Å². The van der Waals surface area contributed by atoms with Crippen molar-refractivity contribution >= 4 is 22.6 Å². The maximum atomic E-state index is 12.3. The molecule has 3 N–H and O–H groups in total. The number of amides is 1. The molecule has 2 aromatic carbocycles. The summed E-state index contributed by atoms with van der Waals surface area (Å²) in [4.78, 5) is 39.9. The quantitative estimate of drug-likeness (QED) is 0.633. The topological polar surface area (TPSA) is 94.8 Å². The molecule has 0 aliphatic heterocycles. The van der Waals surface area contributed by atoms with Crippen molar-refractivity contribution in [1.29, 1.82) is 0 Å². The molecule has 0 bridgehead atoms. The Labute approximate surface area is 131 Å². The minimum absolute atomic E-state index is 0.290. The van der Waals surface area contributed by atoms with Crippen molar-refractivity contribution in [3.05, 3.63) is 73.8 Å². The van der Waals surface area contributed by atoms with Gasteiger partial charge in [0.25, 0.3) is 5.91 Å². The van der Waals surface area contributed by atoms with Crippen molar-refractivity contribution in [2.24, 2.45) is 0 Å². The lowest BCUT2D eigenvalue weighted by Gasteiger charge is -2.08. The van der Waals surface area contributed by atoms with Crippen LogP contribution in [0.1, 0.15) is 21.5 Å². The highest BCUT2D eigenvalue weighted by Gasteiger charge is 2.09. The molecular weight excluding hydrogens is 294 g/mol. The molecule has 0 aliphatic carbocycles. The standard InChI is InChI=1S/C17H15N3O3/c1-9-3-5-12(7-10(9)2)18-15(21)11-4-6-13-14(8-11)20-17(23)16(22)19-13/h3-8H,1-2H3,(H,18,21)(H,19,22)(H,20,23). The number of hydrogen-bond donors (Lipinski definition) is 3. The summed E-state index contributed by atoms with van der Waals surface area (Å²) < 4.78 is 0. The Morgan fingerprint density at radius 2 is 1.57 bits per heavy atom. The Morgan fingerprint density at radius 1 is 0.870 bits per heavy atom. The van der Waals surface area contributed by atoms with E-state index in [9.17, 15) is 14.4 Å². The summed E-state index contributed by atoms with van der Waals surface area (Å²) >= 11 is 0. The third kappa shape index (κ3) is 2.91. The van der Waals surface area contributed by atoms with Gasteiger partial charge >= 0.3 is 11.1 Å². The fourth-order valence-electron chi connectivity index (χ4n) is 2.28. The Kier molecular flexibility index (Phi) is 3.57. The Morgan fingerprint density at radius 3 is 2.26 bits per heavy atom. The number of carbonyl (C=O) groups is 1. The van der Waals surface area contributed by atoms with Gasteiger partial charge in [0.1, 0.15) is 0 Å². The molecular formula is C17H15N3O3. The first-order valence-corrected chi connectivity index (χ1v) is 7.09. The summed E-state index contributed by atoms with van der Waals surface area (Å²) in [5.74, 6) is -0.290. The van der Waals surface area contributed by atoms with Gasteiger partial charge in [-0.2, -0.15) is 0 Å². The van der Waals surface area contributed by atoms with Crippen LogP contribution in [-0.4, -0.2) is 15.9 Å². The molecule has 23 heavy (non-hydrogen) atoms. The number of anilines is 1. The first-order chi connectivity index (χ1) is 10.9. The summed E-state index contributed by atoms with van der Waals surface area (Å²) in [6, 6.07) is 10.4. The Bertz CT molecular complexity index is 1030. The van der Waals surface area contributed by atoms with Crippen LogP contribution in [0, 0.1) is 13.8 Å². The van der Waals surface area contributed by atoms with E-state index in [1.807, 2.05) is 32.0 Å². The van der Waals surface area contributed by atoms with E-state index in [4.69, 9.17) is 0 Å². The van der Waals surface area contributed by atoms with Gasteiger partial charge in [-0.3, -0.25) is 14.4 Å². The first kappa shape index (κ1) is 14.8. The lowest BCUT2D eigenvalue weighted by molar-refractivity contribution is 0.102. The number of fused-ring (bicyclic) bond motifs is 1.